The summed E-state index contributed by atoms with van der Waals surface area (Å²) in [5.74, 6) is -0.554. The molecule has 0 rings (SSSR count). The maximum atomic E-state index is 13.5. The summed E-state index contributed by atoms with van der Waals surface area (Å²) in [7, 11) is 1.18. The van der Waals surface area contributed by atoms with Crippen LogP contribution < -0.4 is 10.2 Å². The van der Waals surface area contributed by atoms with Crippen molar-refractivity contribution in [3.63, 3.8) is 0 Å². The van der Waals surface area contributed by atoms with Crippen LogP contribution in [0.4, 0.5) is 0 Å². The molecule has 0 aromatic heterocycles. The molecular weight excluding hydrogens is 928 g/mol. The highest BCUT2D eigenvalue weighted by Crippen LogP contribution is 2.38. The van der Waals surface area contributed by atoms with E-state index in [-0.39, 0.29) is 24.9 Å². The highest BCUT2D eigenvalue weighted by molar-refractivity contribution is 7.45. The van der Waals surface area contributed by atoms with Gasteiger partial charge in [0, 0.05) is 12.8 Å². The number of esters is 1. The third kappa shape index (κ3) is 54.6. The summed E-state index contributed by atoms with van der Waals surface area (Å²) >= 11 is 0. The van der Waals surface area contributed by atoms with E-state index in [0.717, 1.165) is 70.6 Å². The second-order valence-corrected chi connectivity index (χ2v) is 23.6. The lowest BCUT2D eigenvalue weighted by Gasteiger charge is -2.30. The number of likely N-dealkylation sites (N-methyl/N-ethyl adjacent to an activating group) is 1. The third-order valence-electron chi connectivity index (χ3n) is 13.7. The summed E-state index contributed by atoms with van der Waals surface area (Å²) in [6.45, 7) is 6.81. The Morgan fingerprint density at radius 3 is 1.29 bits per heavy atom. The topological polar surface area (TPSA) is 114 Å². The third-order valence-corrected chi connectivity index (χ3v) is 14.7. The number of carbonyl (C=O) groups excluding carboxylic acids is 2. The van der Waals surface area contributed by atoms with Crippen molar-refractivity contribution in [2.75, 3.05) is 40.9 Å². The van der Waals surface area contributed by atoms with Crippen LogP contribution in [0.5, 0.6) is 0 Å². The summed E-state index contributed by atoms with van der Waals surface area (Å²) in [5, 5.41) is 3.01. The molecule has 0 fully saturated rings. The fourth-order valence-electron chi connectivity index (χ4n) is 8.90. The number of hydrogen-bond acceptors (Lipinski definition) is 7. The standard InChI is InChI=1S/C63H119N2O7P/c1-7-10-13-16-19-22-25-27-28-29-30-31-32-33-34-35-36-38-41-44-47-50-53-56-63(67)72-61(54-51-48-45-42-39-24-21-18-15-12-9-3)60(59-71-73(68,69)70-58-57-65(4,5)6)64-62(66)55-52-49-46-43-40-37-26-23-20-17-14-11-8-2/h19,22,27-28,37,40,51,54,60-61H,7-18,20-21,23-26,29-36,38-39,41-50,52-53,55-59H2,1-6H3,(H-,64,66,68,69)/b22-19-,28-27-,40-37-,54-51-. The van der Waals surface area contributed by atoms with Gasteiger partial charge in [-0.15, -0.1) is 0 Å². The number of phosphoric acid groups is 1. The summed E-state index contributed by atoms with van der Waals surface area (Å²) in [6.07, 6.45) is 65.1. The molecule has 0 bridgehead atoms. The molecule has 10 heteroatoms. The molecule has 1 amide bonds. The van der Waals surface area contributed by atoms with Gasteiger partial charge < -0.3 is 28.5 Å². The van der Waals surface area contributed by atoms with Crippen molar-refractivity contribution in [2.45, 2.75) is 303 Å². The van der Waals surface area contributed by atoms with Gasteiger partial charge in [-0.3, -0.25) is 14.2 Å². The molecule has 73 heavy (non-hydrogen) atoms. The number of ether oxygens (including phenoxy) is 1. The van der Waals surface area contributed by atoms with Crippen LogP contribution in [0.3, 0.4) is 0 Å². The first-order valence-corrected chi connectivity index (χ1v) is 32.4. The SMILES string of the molecule is CCCCC/C=C\C/C=C\CCCCCCCCCCCCCCCC(=O)OC(/C=C\CCCCCCCCCCC)C(COP(=O)([O-])OCC[N+](C)(C)C)NC(=O)CCCCC/C=C\CCCCCCCC. The molecule has 0 saturated carbocycles. The van der Waals surface area contributed by atoms with Crippen LogP contribution in [0.1, 0.15) is 290 Å². The lowest BCUT2D eigenvalue weighted by Crippen LogP contribution is -2.47. The van der Waals surface area contributed by atoms with Gasteiger partial charge >= 0.3 is 5.97 Å². The molecule has 3 atom stereocenters. The molecule has 1 N–H and O–H groups in total. The Morgan fingerprint density at radius 1 is 0.479 bits per heavy atom. The van der Waals surface area contributed by atoms with Crippen molar-refractivity contribution in [1.82, 2.24) is 5.32 Å². The Balaban J connectivity index is 5.13. The van der Waals surface area contributed by atoms with Gasteiger partial charge in [0.15, 0.2) is 0 Å². The maximum absolute atomic E-state index is 13.5. The Labute approximate surface area is 452 Å². The minimum Gasteiger partial charge on any atom is -0.756 e. The van der Waals surface area contributed by atoms with Crippen molar-refractivity contribution < 1.29 is 37.3 Å². The number of carbonyl (C=O) groups is 2. The van der Waals surface area contributed by atoms with Gasteiger partial charge in [0.2, 0.25) is 5.91 Å². The average Bonchev–Trinajstić information content (AvgIpc) is 3.35. The summed E-state index contributed by atoms with van der Waals surface area (Å²) in [6, 6.07) is -0.894. The lowest BCUT2D eigenvalue weighted by atomic mass is 10.0. The molecule has 0 spiro atoms. The summed E-state index contributed by atoms with van der Waals surface area (Å²) in [4.78, 5) is 39.9. The molecule has 428 valence electrons. The zero-order valence-corrected chi connectivity index (χ0v) is 49.7. The van der Waals surface area contributed by atoms with Gasteiger partial charge in [0.1, 0.15) is 19.3 Å². The van der Waals surface area contributed by atoms with Crippen LogP contribution in [0.25, 0.3) is 0 Å². The number of nitrogens with one attached hydrogen (secondary N) is 1. The van der Waals surface area contributed by atoms with E-state index in [0.29, 0.717) is 23.9 Å². The van der Waals surface area contributed by atoms with Crippen molar-refractivity contribution in [3.8, 4) is 0 Å². The first-order valence-electron chi connectivity index (χ1n) is 30.9. The lowest BCUT2D eigenvalue weighted by molar-refractivity contribution is -0.870. The molecule has 0 aromatic carbocycles. The molecule has 0 aliphatic carbocycles. The van der Waals surface area contributed by atoms with E-state index < -0.39 is 26.6 Å². The number of rotatable bonds is 56. The van der Waals surface area contributed by atoms with Crippen LogP contribution in [0.2, 0.25) is 0 Å². The second kappa shape index (κ2) is 53.4. The van der Waals surface area contributed by atoms with E-state index >= 15 is 0 Å². The van der Waals surface area contributed by atoms with Crippen molar-refractivity contribution >= 4 is 19.7 Å². The van der Waals surface area contributed by atoms with E-state index in [1.165, 1.54) is 180 Å². The highest BCUT2D eigenvalue weighted by atomic mass is 31.2. The minimum absolute atomic E-state index is 0.0244. The highest BCUT2D eigenvalue weighted by Gasteiger charge is 2.27. The smallest absolute Gasteiger partial charge is 0.306 e. The molecule has 0 saturated heterocycles. The van der Waals surface area contributed by atoms with Gasteiger partial charge in [-0.05, 0) is 89.5 Å². The fraction of sp³-hybridized carbons (Fsp3) is 0.841. The summed E-state index contributed by atoms with van der Waals surface area (Å²) < 4.78 is 30.3. The van der Waals surface area contributed by atoms with Gasteiger partial charge in [0.05, 0.1) is 33.8 Å². The number of amides is 1. The number of quaternary nitrogens is 1. The van der Waals surface area contributed by atoms with Crippen LogP contribution in [0, 0.1) is 0 Å². The van der Waals surface area contributed by atoms with Crippen molar-refractivity contribution in [3.05, 3.63) is 48.6 Å². The Bertz CT molecular complexity index is 1390. The molecule has 3 unspecified atom stereocenters. The normalized spacial score (nSPS) is 14.0. The van der Waals surface area contributed by atoms with Gasteiger partial charge in [-0.1, -0.05) is 237 Å². The van der Waals surface area contributed by atoms with Crippen LogP contribution in [-0.4, -0.2) is 69.4 Å². The van der Waals surface area contributed by atoms with E-state index in [9.17, 15) is 19.0 Å². The summed E-state index contributed by atoms with van der Waals surface area (Å²) in [5.41, 5.74) is 0. The van der Waals surface area contributed by atoms with Crippen LogP contribution in [0.15, 0.2) is 48.6 Å². The molecule has 0 radical (unpaired) electrons. The van der Waals surface area contributed by atoms with E-state index in [2.05, 4.69) is 62.5 Å². The predicted octanol–water partition coefficient (Wildman–Crippen LogP) is 18.3. The number of phosphoric ester groups is 1. The second-order valence-electron chi connectivity index (χ2n) is 22.2. The molecule has 0 aliphatic rings. The zero-order valence-electron chi connectivity index (χ0n) is 48.8. The van der Waals surface area contributed by atoms with Crippen molar-refractivity contribution in [2.24, 2.45) is 0 Å². The molecule has 9 nitrogen and oxygen atoms in total. The Kier molecular flexibility index (Phi) is 51.9. The average molecular weight is 1050 g/mol. The number of nitrogens with zero attached hydrogens (tertiary/aromatic N) is 1. The largest absolute Gasteiger partial charge is 0.756 e. The van der Waals surface area contributed by atoms with E-state index in [4.69, 9.17) is 13.8 Å². The zero-order chi connectivity index (χ0) is 53.6. The molecule has 0 aromatic rings. The number of allylic oxidation sites excluding steroid dienone is 7. The van der Waals surface area contributed by atoms with Gasteiger partial charge in [0.25, 0.3) is 7.82 Å². The first kappa shape index (κ1) is 71.0. The molecule has 0 heterocycles. The predicted molar refractivity (Wildman–Crippen MR) is 312 cm³/mol. The van der Waals surface area contributed by atoms with Crippen molar-refractivity contribution in [1.29, 1.82) is 0 Å². The number of hydrogen-bond donors (Lipinski definition) is 1. The monoisotopic (exact) mass is 1050 g/mol. The van der Waals surface area contributed by atoms with Crippen LogP contribution >= 0.6 is 7.82 Å². The molecule has 0 aliphatic heterocycles. The van der Waals surface area contributed by atoms with Gasteiger partial charge in [-0.25, -0.2) is 0 Å². The van der Waals surface area contributed by atoms with Gasteiger partial charge in [-0.2, -0.15) is 0 Å². The van der Waals surface area contributed by atoms with E-state index in [1.54, 1.807) is 0 Å². The number of unbranched alkanes of at least 4 members (excludes halogenated alkanes) is 34. The first-order chi connectivity index (χ1) is 35.4. The quantitative estimate of drug-likeness (QED) is 0.0212. The Morgan fingerprint density at radius 2 is 0.836 bits per heavy atom. The molecular formula is C63H119N2O7P. The fourth-order valence-corrected chi connectivity index (χ4v) is 9.62. The minimum atomic E-state index is -4.70. The maximum Gasteiger partial charge on any atom is 0.306 e. The Hall–Kier alpha value is -2.03. The van der Waals surface area contributed by atoms with Crippen LogP contribution in [-0.2, 0) is 27.9 Å². The van der Waals surface area contributed by atoms with E-state index in [1.807, 2.05) is 33.3 Å².